The number of methoxy groups -OCH3 is 2. The van der Waals surface area contributed by atoms with E-state index >= 15 is 0 Å². The van der Waals surface area contributed by atoms with E-state index in [4.69, 9.17) is 29.1 Å². The summed E-state index contributed by atoms with van der Waals surface area (Å²) in [4.78, 5) is 24.4. The van der Waals surface area contributed by atoms with Crippen LogP contribution < -0.4 is 20.1 Å². The van der Waals surface area contributed by atoms with Gasteiger partial charge in [0.2, 0.25) is 5.95 Å². The molecule has 0 atom stereocenters. The molecule has 0 unspecified atom stereocenters. The third-order valence-corrected chi connectivity index (χ3v) is 4.37. The minimum Gasteiger partial charge on any atom is -0.493 e. The van der Waals surface area contributed by atoms with Gasteiger partial charge < -0.3 is 29.4 Å². The molecule has 0 saturated carbocycles. The normalized spacial score (nSPS) is 20.8. The Balaban J connectivity index is 1.66. The Hall–Kier alpha value is -3.49. The molecule has 146 valence electrons. The van der Waals surface area contributed by atoms with Crippen molar-refractivity contribution < 1.29 is 33.8 Å². The van der Waals surface area contributed by atoms with Crippen molar-refractivity contribution in [3.8, 4) is 11.5 Å². The van der Waals surface area contributed by atoms with Gasteiger partial charge in [-0.1, -0.05) is 0 Å². The SMILES string of the molecule is [2H]c1oc(C(=O)N2CCN(c3nc(N([2H])[2H])c4cc(OC([2H])([2H])[2H])c(OC([2H])([2H])[2H])cc4n3)CC2)c([2H])c1[2H]. The van der Waals surface area contributed by atoms with Crippen LogP contribution in [0.15, 0.2) is 34.9 Å². The van der Waals surface area contributed by atoms with Gasteiger partial charge in [0.25, 0.3) is 5.91 Å². The van der Waals surface area contributed by atoms with Crippen LogP contribution >= 0.6 is 0 Å². The highest BCUT2D eigenvalue weighted by molar-refractivity contribution is 5.92. The van der Waals surface area contributed by atoms with Crippen LogP contribution in [0.25, 0.3) is 10.9 Å². The maximum Gasteiger partial charge on any atom is 0.289 e. The summed E-state index contributed by atoms with van der Waals surface area (Å²) in [5.41, 5.74) is 0.218. The molecule has 0 aliphatic carbocycles. The summed E-state index contributed by atoms with van der Waals surface area (Å²) >= 11 is 0. The monoisotopic (exact) mass is 394 g/mol. The molecule has 9 heteroatoms. The van der Waals surface area contributed by atoms with Crippen LogP contribution in [-0.4, -0.2) is 61.0 Å². The van der Waals surface area contributed by atoms with Crippen LogP contribution in [0.2, 0.25) is 2.82 Å². The fraction of sp³-hybridized carbons (Fsp3) is 0.316. The molecule has 3 heterocycles. The molecule has 28 heavy (non-hydrogen) atoms. The second kappa shape index (κ2) is 7.26. The topological polar surface area (TPSA) is 107 Å². The highest BCUT2D eigenvalue weighted by Gasteiger charge is 2.25. The second-order valence-corrected chi connectivity index (χ2v) is 5.93. The van der Waals surface area contributed by atoms with E-state index in [2.05, 4.69) is 9.97 Å². The number of furan rings is 1. The number of hydrogen-bond donors (Lipinski definition) is 1. The lowest BCUT2D eigenvalue weighted by molar-refractivity contribution is 0.0714. The maximum atomic E-state index is 12.8. The number of nitrogens with zero attached hydrogens (tertiary/aromatic N) is 4. The predicted molar refractivity (Wildman–Crippen MR) is 104 cm³/mol. The summed E-state index contributed by atoms with van der Waals surface area (Å²) in [6.07, 6.45) is -0.580. The highest BCUT2D eigenvalue weighted by Crippen LogP contribution is 2.34. The average molecular weight is 394 g/mol. The van der Waals surface area contributed by atoms with E-state index in [1.54, 1.807) is 4.90 Å². The number of rotatable bonds is 5. The lowest BCUT2D eigenvalue weighted by Crippen LogP contribution is -2.49. The van der Waals surface area contributed by atoms with Crippen LogP contribution in [0.1, 0.15) is 22.9 Å². The van der Waals surface area contributed by atoms with Gasteiger partial charge in [-0.25, -0.2) is 4.98 Å². The highest BCUT2D eigenvalue weighted by atomic mass is 16.5. The van der Waals surface area contributed by atoms with Crippen molar-refractivity contribution in [2.24, 2.45) is 0 Å². The number of amides is 1. The number of carbonyl (C=O) groups is 1. The number of hydrogen-bond acceptors (Lipinski definition) is 8. The van der Waals surface area contributed by atoms with E-state index in [1.165, 1.54) is 4.90 Å². The van der Waals surface area contributed by atoms with Gasteiger partial charge in [0, 0.05) is 37.6 Å². The molecule has 1 amide bonds. The molecule has 9 nitrogen and oxygen atoms in total. The third kappa shape index (κ3) is 3.15. The number of benzene rings is 1. The van der Waals surface area contributed by atoms with Gasteiger partial charge in [0.15, 0.2) is 20.1 Å². The summed E-state index contributed by atoms with van der Waals surface area (Å²) in [5.74, 6) is -2.19. The van der Waals surface area contributed by atoms with Gasteiger partial charge in [0.05, 0.1) is 36.8 Å². The standard InChI is InChI=1S/C19H21N5O4/c1-26-15-10-12-13(11-16(15)27-2)21-19(22-17(12)20)24-7-5-23(6-8-24)18(25)14-4-3-9-28-14/h3-4,9-11H,5-8H2,1-2H3,(H2,20,21,22)/i1D3,2D3,3D,4D,9D/hD2. The molecule has 4 rings (SSSR count). The zero-order valence-corrected chi connectivity index (χ0v) is 14.4. The minimum atomic E-state index is -2.96. The average Bonchev–Trinajstić information content (AvgIpc) is 3.08. The number of aromatic nitrogens is 2. The number of nitrogens with two attached hydrogens (primary N) is 1. The summed E-state index contributed by atoms with van der Waals surface area (Å²) in [6, 6.07) is 1.23. The molecule has 0 bridgehead atoms. The van der Waals surface area contributed by atoms with Crippen LogP contribution in [-0.2, 0) is 0 Å². The van der Waals surface area contributed by atoms with Crippen LogP contribution in [0, 0.1) is 0 Å². The third-order valence-electron chi connectivity index (χ3n) is 4.37. The van der Waals surface area contributed by atoms with Gasteiger partial charge in [0.1, 0.15) is 7.19 Å². The first-order valence-corrected chi connectivity index (χ1v) is 8.16. The van der Waals surface area contributed by atoms with Crippen molar-refractivity contribution in [1.82, 2.24) is 14.9 Å². The Bertz CT molecular complexity index is 1400. The Morgan fingerprint density at radius 3 is 2.71 bits per heavy atom. The van der Waals surface area contributed by atoms with Gasteiger partial charge in [-0.3, -0.25) is 4.79 Å². The summed E-state index contributed by atoms with van der Waals surface area (Å²) in [5, 5.41) is 0.0212. The van der Waals surface area contributed by atoms with Gasteiger partial charge >= 0.3 is 0 Å². The summed E-state index contributed by atoms with van der Waals surface area (Å²) in [6.45, 7) is 0.614. The Morgan fingerprint density at radius 1 is 1.25 bits per heavy atom. The van der Waals surface area contributed by atoms with Crippen molar-refractivity contribution >= 4 is 28.6 Å². The zero-order chi connectivity index (χ0) is 28.9. The predicted octanol–water partition coefficient (Wildman–Crippen LogP) is 1.78. The fourth-order valence-corrected chi connectivity index (χ4v) is 2.94. The van der Waals surface area contributed by atoms with Crippen molar-refractivity contribution in [2.75, 3.05) is 50.9 Å². The molecule has 1 aliphatic rings. The maximum absolute atomic E-state index is 12.8. The summed E-state index contributed by atoms with van der Waals surface area (Å²) in [7, 11) is -5.91. The number of nitrogen functional groups attached to an aromatic ring is 1. The van der Waals surface area contributed by atoms with E-state index in [0.29, 0.717) is 0 Å². The van der Waals surface area contributed by atoms with E-state index in [9.17, 15) is 4.79 Å². The van der Waals surface area contributed by atoms with Crippen LogP contribution in [0.4, 0.5) is 11.8 Å². The molecule has 1 aromatic carbocycles. The van der Waals surface area contributed by atoms with Gasteiger partial charge in [-0.15, -0.1) is 0 Å². The largest absolute Gasteiger partial charge is 0.493 e. The van der Waals surface area contributed by atoms with E-state index in [1.807, 2.05) is 0 Å². The first kappa shape index (κ1) is 9.13. The van der Waals surface area contributed by atoms with Crippen molar-refractivity contribution in [2.45, 2.75) is 0 Å². The van der Waals surface area contributed by atoms with E-state index in [0.717, 1.165) is 12.1 Å². The molecule has 0 spiro atoms. The molecule has 2 N–H and O–H groups in total. The molecule has 1 aliphatic heterocycles. The summed E-state index contributed by atoms with van der Waals surface area (Å²) < 4.78 is 97.5. The number of ether oxygens (including phenoxy) is 2. The Labute approximate surface area is 177 Å². The lowest BCUT2D eigenvalue weighted by atomic mass is 10.2. The van der Waals surface area contributed by atoms with Crippen molar-refractivity contribution in [3.05, 3.63) is 36.2 Å². The zero-order valence-electron chi connectivity index (χ0n) is 25.4. The first-order chi connectivity index (χ1) is 18.0. The Kier molecular flexibility index (Phi) is 2.37. The molecular formula is C19H21N5O4. The fourth-order valence-electron chi connectivity index (χ4n) is 2.94. The molecule has 0 radical (unpaired) electrons. The lowest BCUT2D eigenvalue weighted by Gasteiger charge is -2.34. The first-order valence-electron chi connectivity index (χ1n) is 13.6. The number of anilines is 2. The van der Waals surface area contributed by atoms with Gasteiger partial charge in [-0.05, 0) is 18.2 Å². The number of fused-ring (bicyclic) bond motifs is 1. The molecule has 1 fully saturated rings. The molecule has 3 aromatic rings. The minimum absolute atomic E-state index is 0.0212. The van der Waals surface area contributed by atoms with Crippen LogP contribution in [0.5, 0.6) is 11.5 Å². The van der Waals surface area contributed by atoms with Crippen molar-refractivity contribution in [3.63, 3.8) is 0 Å². The second-order valence-electron chi connectivity index (χ2n) is 5.93. The van der Waals surface area contributed by atoms with Gasteiger partial charge in [-0.2, -0.15) is 4.98 Å². The quantitative estimate of drug-likeness (QED) is 0.698. The van der Waals surface area contributed by atoms with Crippen molar-refractivity contribution in [1.29, 1.82) is 0 Å². The van der Waals surface area contributed by atoms with E-state index in [-0.39, 0.29) is 54.6 Å². The molecular weight excluding hydrogens is 362 g/mol. The number of carbonyl (C=O) groups excluding carboxylic acids is 1. The Morgan fingerprint density at radius 2 is 2.04 bits per heavy atom. The molecule has 2 aromatic heterocycles. The van der Waals surface area contributed by atoms with Crippen LogP contribution in [0.3, 0.4) is 0 Å². The molecule has 1 saturated heterocycles. The smallest absolute Gasteiger partial charge is 0.289 e. The van der Waals surface area contributed by atoms with E-state index < -0.39 is 55.6 Å². The number of piperazine rings is 1.